The minimum absolute atomic E-state index is 0.157. The molecule has 4 rings (SSSR count). The summed E-state index contributed by atoms with van der Waals surface area (Å²) in [5.41, 5.74) is 2.59. The highest BCUT2D eigenvalue weighted by Crippen LogP contribution is 2.27. The highest BCUT2D eigenvalue weighted by atomic mass is 32.2. The largest absolute Gasteiger partial charge is 0.492 e. The van der Waals surface area contributed by atoms with Crippen molar-refractivity contribution in [3.8, 4) is 17.6 Å². The highest BCUT2D eigenvalue weighted by molar-refractivity contribution is 7.93. The Kier molecular flexibility index (Phi) is 6.06. The van der Waals surface area contributed by atoms with Gasteiger partial charge in [-0.1, -0.05) is 42.2 Å². The molecule has 1 N–H and O–H groups in total. The van der Waals surface area contributed by atoms with E-state index in [1.165, 1.54) is 0 Å². The summed E-state index contributed by atoms with van der Waals surface area (Å²) in [4.78, 5) is 8.56. The minimum Gasteiger partial charge on any atom is -0.492 e. The van der Waals surface area contributed by atoms with Crippen LogP contribution in [0.2, 0.25) is 0 Å². The van der Waals surface area contributed by atoms with Crippen molar-refractivity contribution in [1.29, 1.82) is 0 Å². The lowest BCUT2D eigenvalue weighted by Gasteiger charge is -2.13. The van der Waals surface area contributed by atoms with Gasteiger partial charge in [-0.05, 0) is 43.7 Å². The Morgan fingerprint density at radius 3 is 2.62 bits per heavy atom. The van der Waals surface area contributed by atoms with Crippen molar-refractivity contribution < 1.29 is 13.2 Å². The number of nitrogens with zero attached hydrogens (tertiary/aromatic N) is 2. The Hall–Kier alpha value is -3.89. The van der Waals surface area contributed by atoms with Crippen LogP contribution in [0.4, 0.5) is 5.69 Å². The van der Waals surface area contributed by atoms with E-state index in [0.717, 1.165) is 5.39 Å². The number of aromatic nitrogens is 2. The van der Waals surface area contributed by atoms with Gasteiger partial charge < -0.3 is 4.74 Å². The Morgan fingerprint density at radius 2 is 1.78 bits per heavy atom. The van der Waals surface area contributed by atoms with Crippen LogP contribution in [0.3, 0.4) is 0 Å². The zero-order chi connectivity index (χ0) is 22.6. The zero-order valence-corrected chi connectivity index (χ0v) is 18.5. The molecule has 0 aliphatic heterocycles. The van der Waals surface area contributed by atoms with Gasteiger partial charge in [0.25, 0.3) is 10.0 Å². The van der Waals surface area contributed by atoms with Crippen molar-refractivity contribution in [1.82, 2.24) is 9.97 Å². The van der Waals surface area contributed by atoms with E-state index in [2.05, 4.69) is 26.5 Å². The molecule has 0 radical (unpaired) electrons. The van der Waals surface area contributed by atoms with Gasteiger partial charge in [0.2, 0.25) is 0 Å². The van der Waals surface area contributed by atoms with Gasteiger partial charge in [0.1, 0.15) is 10.6 Å². The molecular weight excluding hydrogens is 422 g/mol. The average Bonchev–Trinajstić information content (AvgIpc) is 2.79. The number of nitrogens with one attached hydrogen (secondary N) is 1. The summed E-state index contributed by atoms with van der Waals surface area (Å²) >= 11 is 0. The number of hydrogen-bond acceptors (Lipinski definition) is 5. The molecule has 0 bridgehead atoms. The summed E-state index contributed by atoms with van der Waals surface area (Å²) in [5, 5.41) is 0.756. The first-order valence-corrected chi connectivity index (χ1v) is 11.5. The first kappa shape index (κ1) is 21.3. The number of rotatable bonds is 5. The second-order valence-electron chi connectivity index (χ2n) is 6.99. The number of para-hydroxylation sites is 1. The van der Waals surface area contributed by atoms with Crippen LogP contribution in [0.25, 0.3) is 10.9 Å². The van der Waals surface area contributed by atoms with Gasteiger partial charge in [-0.2, -0.15) is 0 Å². The van der Waals surface area contributed by atoms with Crippen molar-refractivity contribution in [3.05, 3.63) is 89.9 Å². The third-order valence-electron chi connectivity index (χ3n) is 4.78. The maximum Gasteiger partial charge on any atom is 0.264 e. The van der Waals surface area contributed by atoms with Gasteiger partial charge >= 0.3 is 0 Å². The molecule has 0 amide bonds. The van der Waals surface area contributed by atoms with Gasteiger partial charge in [0, 0.05) is 29.5 Å². The van der Waals surface area contributed by atoms with E-state index in [1.807, 2.05) is 19.1 Å². The van der Waals surface area contributed by atoms with E-state index in [4.69, 9.17) is 4.74 Å². The van der Waals surface area contributed by atoms with Crippen LogP contribution in [0.5, 0.6) is 5.75 Å². The number of fused-ring (bicyclic) bond motifs is 1. The molecule has 0 aliphatic carbocycles. The Balaban J connectivity index is 1.74. The topological polar surface area (TPSA) is 81.2 Å². The first-order valence-electron chi connectivity index (χ1n) is 10.0. The third-order valence-corrected chi connectivity index (χ3v) is 6.32. The van der Waals surface area contributed by atoms with Gasteiger partial charge in [-0.3, -0.25) is 14.7 Å². The quantitative estimate of drug-likeness (QED) is 0.458. The summed E-state index contributed by atoms with van der Waals surface area (Å²) in [6.45, 7) is 4.16. The number of pyridine rings is 2. The lowest BCUT2D eigenvalue weighted by atomic mass is 10.1. The van der Waals surface area contributed by atoms with Crippen LogP contribution in [0.15, 0.2) is 78.1 Å². The van der Waals surface area contributed by atoms with E-state index < -0.39 is 10.0 Å². The summed E-state index contributed by atoms with van der Waals surface area (Å²) < 4.78 is 35.0. The fraction of sp³-hybridized carbons (Fsp3) is 0.120. The normalized spacial score (nSPS) is 10.9. The standard InChI is InChI=1S/C25H21N3O3S/c1-3-31-23-14-16-26-17-21(23)13-12-19-7-4-5-9-22(19)28-32(29,30)25-18(2)10-11-20-8-6-15-27-24(20)25/h4-11,14-17,28H,3H2,1-2H3. The average molecular weight is 444 g/mol. The van der Waals surface area contributed by atoms with Crippen LogP contribution >= 0.6 is 0 Å². The smallest absolute Gasteiger partial charge is 0.264 e. The molecule has 0 aliphatic rings. The third kappa shape index (κ3) is 4.41. The SMILES string of the molecule is CCOc1ccncc1C#Cc1ccccc1NS(=O)(=O)c1c(C)ccc2cccnc12. The van der Waals surface area contributed by atoms with Crippen molar-refractivity contribution in [2.45, 2.75) is 18.7 Å². The maximum atomic E-state index is 13.4. The van der Waals surface area contributed by atoms with Gasteiger partial charge in [0.15, 0.2) is 0 Å². The minimum atomic E-state index is -3.91. The van der Waals surface area contributed by atoms with E-state index in [1.54, 1.807) is 68.0 Å². The highest BCUT2D eigenvalue weighted by Gasteiger charge is 2.22. The van der Waals surface area contributed by atoms with E-state index >= 15 is 0 Å². The fourth-order valence-electron chi connectivity index (χ4n) is 3.33. The number of ether oxygens (including phenoxy) is 1. The Labute approximate surface area is 187 Å². The number of aryl methyl sites for hydroxylation is 1. The molecule has 2 aromatic heterocycles. The molecule has 4 aromatic rings. The number of benzene rings is 2. The van der Waals surface area contributed by atoms with Crippen LogP contribution < -0.4 is 9.46 Å². The van der Waals surface area contributed by atoms with Crippen molar-refractivity contribution in [2.75, 3.05) is 11.3 Å². The summed E-state index contributed by atoms with van der Waals surface area (Å²) in [5.74, 6) is 6.71. The molecule has 0 spiro atoms. The summed E-state index contributed by atoms with van der Waals surface area (Å²) in [7, 11) is -3.91. The maximum absolute atomic E-state index is 13.4. The van der Waals surface area contributed by atoms with Crippen molar-refractivity contribution >= 4 is 26.6 Å². The van der Waals surface area contributed by atoms with Crippen molar-refractivity contribution in [3.63, 3.8) is 0 Å². The molecule has 0 atom stereocenters. The molecular formula is C25H21N3O3S. The van der Waals surface area contributed by atoms with Crippen LogP contribution in [-0.2, 0) is 10.0 Å². The Bertz CT molecular complexity index is 1450. The molecule has 6 nitrogen and oxygen atoms in total. The molecule has 2 aromatic carbocycles. The van der Waals surface area contributed by atoms with E-state index in [-0.39, 0.29) is 4.90 Å². The molecule has 160 valence electrons. The second kappa shape index (κ2) is 9.08. The molecule has 32 heavy (non-hydrogen) atoms. The van der Waals surface area contributed by atoms with Crippen LogP contribution in [-0.4, -0.2) is 25.0 Å². The summed E-state index contributed by atoms with van der Waals surface area (Å²) in [6, 6.07) is 16.0. The van der Waals surface area contributed by atoms with Crippen molar-refractivity contribution in [2.24, 2.45) is 0 Å². The molecule has 0 saturated carbocycles. The predicted octanol–water partition coefficient (Wildman–Crippen LogP) is 4.54. The lowest BCUT2D eigenvalue weighted by Crippen LogP contribution is -2.16. The molecule has 7 heteroatoms. The van der Waals surface area contributed by atoms with Gasteiger partial charge in [-0.15, -0.1) is 0 Å². The lowest BCUT2D eigenvalue weighted by molar-refractivity contribution is 0.339. The first-order chi connectivity index (χ1) is 15.5. The number of sulfonamides is 1. The Morgan fingerprint density at radius 1 is 0.969 bits per heavy atom. The van der Waals surface area contributed by atoms with Crippen LogP contribution in [0, 0.1) is 18.8 Å². The van der Waals surface area contributed by atoms with Crippen LogP contribution in [0.1, 0.15) is 23.6 Å². The van der Waals surface area contributed by atoms with E-state index in [9.17, 15) is 8.42 Å². The molecule has 0 unspecified atom stereocenters. The number of hydrogen-bond donors (Lipinski definition) is 1. The molecule has 2 heterocycles. The monoisotopic (exact) mass is 443 g/mol. The second-order valence-corrected chi connectivity index (χ2v) is 8.61. The summed E-state index contributed by atoms with van der Waals surface area (Å²) in [6.07, 6.45) is 4.85. The zero-order valence-electron chi connectivity index (χ0n) is 17.7. The number of anilines is 1. The van der Waals surface area contributed by atoms with Gasteiger partial charge in [-0.25, -0.2) is 8.42 Å². The predicted molar refractivity (Wildman–Crippen MR) is 125 cm³/mol. The molecule has 0 saturated heterocycles. The fourth-order valence-corrected chi connectivity index (χ4v) is 4.81. The van der Waals surface area contributed by atoms with E-state index in [0.29, 0.717) is 40.3 Å². The molecule has 0 fully saturated rings. The van der Waals surface area contributed by atoms with Gasteiger partial charge in [0.05, 0.1) is 23.4 Å².